The molecule has 0 aliphatic carbocycles. The van der Waals surface area contributed by atoms with Crippen molar-refractivity contribution in [2.75, 3.05) is 31.9 Å². The second kappa shape index (κ2) is 8.41. The van der Waals surface area contributed by atoms with Crippen LogP contribution in [0.5, 0.6) is 11.5 Å². The zero-order valence-electron chi connectivity index (χ0n) is 15.2. The van der Waals surface area contributed by atoms with Crippen LogP contribution in [-0.2, 0) is 6.54 Å². The summed E-state index contributed by atoms with van der Waals surface area (Å²) in [6.45, 7) is 0.364. The van der Waals surface area contributed by atoms with Gasteiger partial charge in [-0.15, -0.1) is 0 Å². The summed E-state index contributed by atoms with van der Waals surface area (Å²) in [5.74, 6) is 1.67. The molecule has 0 bridgehead atoms. The average molecular weight is 407 g/mol. The van der Waals surface area contributed by atoms with E-state index in [0.717, 1.165) is 16.9 Å². The molecule has 0 saturated carbocycles. The summed E-state index contributed by atoms with van der Waals surface area (Å²) in [4.78, 5) is 0. The van der Waals surface area contributed by atoms with Gasteiger partial charge in [0, 0.05) is 42.5 Å². The molecule has 2 aromatic carbocycles. The van der Waals surface area contributed by atoms with E-state index in [9.17, 15) is 0 Å². The predicted molar refractivity (Wildman–Crippen MR) is 110 cm³/mol. The number of H-pyrrole nitrogens is 1. The lowest BCUT2D eigenvalue weighted by Crippen LogP contribution is -2.03. The average Bonchev–Trinajstić information content (AvgIpc) is 3.17. The number of para-hydroxylation sites is 1. The van der Waals surface area contributed by atoms with Gasteiger partial charge in [0.1, 0.15) is 17.3 Å². The van der Waals surface area contributed by atoms with Gasteiger partial charge in [0.2, 0.25) is 0 Å². The third kappa shape index (κ3) is 3.91. The zero-order chi connectivity index (χ0) is 19.4. The highest BCUT2D eigenvalue weighted by Gasteiger charge is 2.17. The first-order valence-electron chi connectivity index (χ1n) is 8.24. The van der Waals surface area contributed by atoms with E-state index in [1.807, 2.05) is 37.4 Å². The molecular formula is C19H20Cl2N4O2. The summed E-state index contributed by atoms with van der Waals surface area (Å²) < 4.78 is 10.6. The topological polar surface area (TPSA) is 71.2 Å². The van der Waals surface area contributed by atoms with Crippen LogP contribution in [0.2, 0.25) is 10.0 Å². The Labute approximate surface area is 167 Å². The fraction of sp³-hybridized carbons (Fsp3) is 0.211. The van der Waals surface area contributed by atoms with Gasteiger partial charge in [-0.3, -0.25) is 5.10 Å². The Morgan fingerprint density at radius 3 is 2.33 bits per heavy atom. The number of ether oxygens (including phenoxy) is 2. The molecule has 0 saturated heterocycles. The number of rotatable bonds is 7. The number of aromatic amines is 1. The van der Waals surface area contributed by atoms with Crippen LogP contribution < -0.4 is 20.1 Å². The summed E-state index contributed by atoms with van der Waals surface area (Å²) in [6.07, 6.45) is 0. The van der Waals surface area contributed by atoms with Gasteiger partial charge in [-0.25, -0.2) is 0 Å². The van der Waals surface area contributed by atoms with Crippen LogP contribution in [0.15, 0.2) is 36.4 Å². The Bertz CT molecular complexity index is 915. The van der Waals surface area contributed by atoms with Crippen LogP contribution in [0.4, 0.5) is 11.5 Å². The molecule has 0 unspecified atom stereocenters. The van der Waals surface area contributed by atoms with Gasteiger partial charge in [0.15, 0.2) is 0 Å². The Morgan fingerprint density at radius 2 is 1.70 bits per heavy atom. The number of methoxy groups -OCH3 is 2. The van der Waals surface area contributed by atoms with Crippen LogP contribution >= 0.6 is 23.2 Å². The van der Waals surface area contributed by atoms with Gasteiger partial charge in [-0.1, -0.05) is 41.4 Å². The molecule has 1 heterocycles. The van der Waals surface area contributed by atoms with Crippen LogP contribution in [-0.4, -0.2) is 31.5 Å². The van der Waals surface area contributed by atoms with E-state index in [2.05, 4.69) is 20.8 Å². The first kappa shape index (κ1) is 19.2. The second-order valence-corrected chi connectivity index (χ2v) is 6.46. The number of hydrogen-bond donors (Lipinski definition) is 3. The lowest BCUT2D eigenvalue weighted by atomic mass is 10.1. The van der Waals surface area contributed by atoms with Crippen LogP contribution in [0.3, 0.4) is 0 Å². The number of aromatic nitrogens is 2. The van der Waals surface area contributed by atoms with E-state index in [-0.39, 0.29) is 0 Å². The number of nitrogens with zero attached hydrogens (tertiary/aromatic N) is 1. The highest BCUT2D eigenvalue weighted by Crippen LogP contribution is 2.40. The number of benzene rings is 2. The van der Waals surface area contributed by atoms with Crippen molar-refractivity contribution in [3.63, 3.8) is 0 Å². The Morgan fingerprint density at radius 1 is 1.04 bits per heavy atom. The van der Waals surface area contributed by atoms with Crippen molar-refractivity contribution >= 4 is 34.7 Å². The van der Waals surface area contributed by atoms with Gasteiger partial charge in [-0.2, -0.15) is 5.10 Å². The maximum Gasteiger partial charge on any atom is 0.148 e. The van der Waals surface area contributed by atoms with E-state index in [4.69, 9.17) is 32.7 Å². The highest BCUT2D eigenvalue weighted by atomic mass is 35.5. The van der Waals surface area contributed by atoms with Crippen molar-refractivity contribution < 1.29 is 9.47 Å². The van der Waals surface area contributed by atoms with Gasteiger partial charge in [0.25, 0.3) is 0 Å². The fourth-order valence-corrected chi connectivity index (χ4v) is 3.39. The van der Waals surface area contributed by atoms with Crippen molar-refractivity contribution in [1.82, 2.24) is 10.2 Å². The third-order valence-corrected chi connectivity index (χ3v) is 5.00. The fourth-order valence-electron chi connectivity index (χ4n) is 2.76. The zero-order valence-corrected chi connectivity index (χ0v) is 16.7. The van der Waals surface area contributed by atoms with E-state index >= 15 is 0 Å². The van der Waals surface area contributed by atoms with Crippen molar-refractivity contribution in [3.05, 3.63) is 52.0 Å². The molecule has 0 aliphatic heterocycles. The molecule has 3 rings (SSSR count). The van der Waals surface area contributed by atoms with Crippen molar-refractivity contribution in [2.24, 2.45) is 0 Å². The van der Waals surface area contributed by atoms with Crippen molar-refractivity contribution in [3.8, 4) is 22.8 Å². The number of halogens is 2. The molecule has 0 spiro atoms. The summed E-state index contributed by atoms with van der Waals surface area (Å²) >= 11 is 12.8. The SMILES string of the molecule is CNc1ccccc1-c1cc(NCc2c(Cl)c(OC)cc(OC)c2Cl)n[nH]1. The molecule has 0 radical (unpaired) electrons. The van der Waals surface area contributed by atoms with Crippen molar-refractivity contribution in [1.29, 1.82) is 0 Å². The van der Waals surface area contributed by atoms with Gasteiger partial charge < -0.3 is 20.1 Å². The molecule has 142 valence electrons. The lowest BCUT2D eigenvalue weighted by Gasteiger charge is -2.14. The molecule has 6 nitrogen and oxygen atoms in total. The van der Waals surface area contributed by atoms with Crippen molar-refractivity contribution in [2.45, 2.75) is 6.54 Å². The molecular weight excluding hydrogens is 387 g/mol. The largest absolute Gasteiger partial charge is 0.495 e. The minimum atomic E-state index is 0.364. The van der Waals surface area contributed by atoms with E-state index < -0.39 is 0 Å². The van der Waals surface area contributed by atoms with E-state index in [0.29, 0.717) is 39.5 Å². The van der Waals surface area contributed by atoms with Crippen LogP contribution in [0.1, 0.15) is 5.56 Å². The van der Waals surface area contributed by atoms with Gasteiger partial charge in [0.05, 0.1) is 30.0 Å². The lowest BCUT2D eigenvalue weighted by molar-refractivity contribution is 0.394. The number of nitrogens with one attached hydrogen (secondary N) is 3. The van der Waals surface area contributed by atoms with Gasteiger partial charge >= 0.3 is 0 Å². The quantitative estimate of drug-likeness (QED) is 0.511. The summed E-state index contributed by atoms with van der Waals surface area (Å²) in [6, 6.07) is 11.6. The highest BCUT2D eigenvalue weighted by molar-refractivity contribution is 6.37. The third-order valence-electron chi connectivity index (χ3n) is 4.18. The standard InChI is InChI=1S/C19H20Cl2N4O2/c1-22-13-7-5-4-6-11(13)14-8-17(25-24-14)23-10-12-18(20)15(26-2)9-16(27-3)19(12)21/h4-9,22H,10H2,1-3H3,(H2,23,24,25). The molecule has 0 atom stereocenters. The smallest absolute Gasteiger partial charge is 0.148 e. The van der Waals surface area contributed by atoms with E-state index in [1.165, 1.54) is 0 Å². The molecule has 3 N–H and O–H groups in total. The molecule has 27 heavy (non-hydrogen) atoms. The first-order chi connectivity index (χ1) is 13.1. The molecule has 1 aromatic heterocycles. The minimum Gasteiger partial charge on any atom is -0.495 e. The predicted octanol–water partition coefficient (Wildman–Crippen LogP) is 5.05. The molecule has 0 amide bonds. The molecule has 0 aliphatic rings. The number of hydrogen-bond acceptors (Lipinski definition) is 5. The Kier molecular flexibility index (Phi) is 5.98. The number of anilines is 2. The Hall–Kier alpha value is -2.57. The summed E-state index contributed by atoms with van der Waals surface area (Å²) in [5.41, 5.74) is 3.61. The van der Waals surface area contributed by atoms with Crippen LogP contribution in [0, 0.1) is 0 Å². The maximum atomic E-state index is 6.41. The monoisotopic (exact) mass is 406 g/mol. The molecule has 3 aromatic rings. The Balaban J connectivity index is 1.84. The first-order valence-corrected chi connectivity index (χ1v) is 9.00. The van der Waals surface area contributed by atoms with E-state index in [1.54, 1.807) is 20.3 Å². The molecule has 8 heteroatoms. The van der Waals surface area contributed by atoms with Crippen LogP contribution in [0.25, 0.3) is 11.3 Å². The normalized spacial score (nSPS) is 10.6. The second-order valence-electron chi connectivity index (χ2n) is 5.70. The molecule has 0 fully saturated rings. The van der Waals surface area contributed by atoms with Gasteiger partial charge in [-0.05, 0) is 6.07 Å². The maximum absolute atomic E-state index is 6.41. The minimum absolute atomic E-state index is 0.364. The summed E-state index contributed by atoms with van der Waals surface area (Å²) in [7, 11) is 4.98. The summed E-state index contributed by atoms with van der Waals surface area (Å²) in [5, 5.41) is 14.6.